The van der Waals surface area contributed by atoms with Gasteiger partial charge in [-0.1, -0.05) is 0 Å². The Morgan fingerprint density at radius 3 is 1.27 bits per heavy atom. The van der Waals surface area contributed by atoms with E-state index in [0.717, 1.165) is 0 Å². The predicted octanol–water partition coefficient (Wildman–Crippen LogP) is -14.6. The Bertz CT molecular complexity index is 2580. The summed E-state index contributed by atoms with van der Waals surface area (Å²) in [5.74, 6) is -23.5. The third kappa shape index (κ3) is 17.0. The van der Waals surface area contributed by atoms with Crippen molar-refractivity contribution in [3.05, 3.63) is 0 Å². The molecule has 0 aromatic rings. The van der Waals surface area contributed by atoms with E-state index in [4.69, 9.17) is 68.1 Å². The van der Waals surface area contributed by atoms with Gasteiger partial charge in [0, 0.05) is 25.7 Å². The number of carboxylic acid groups (broad SMARTS) is 4. The zero-order chi connectivity index (χ0) is 68.6. The summed E-state index contributed by atoms with van der Waals surface area (Å²) in [6, 6.07) is -3.81. The number of carbonyl (C=O) groups is 4. The fourth-order valence-electron chi connectivity index (χ4n) is 10.7. The predicted molar refractivity (Wildman–Crippen MR) is 270 cm³/mol. The first-order valence-electron chi connectivity index (χ1n) is 26.9. The minimum Gasteiger partial charge on any atom is -0.477 e. The van der Waals surface area contributed by atoms with Crippen LogP contribution in [-0.4, -0.2) is 367 Å². The van der Waals surface area contributed by atoms with Gasteiger partial charge in [-0.3, -0.25) is 9.05 Å². The number of phosphoric acid groups is 2. The van der Waals surface area contributed by atoms with Crippen LogP contribution >= 0.6 is 15.6 Å². The Kier molecular flexibility index (Phi) is 25.5. The first-order valence-corrected chi connectivity index (χ1v) is 30.0. The molecule has 47 heteroatoms. The van der Waals surface area contributed by atoms with Crippen LogP contribution in [0.4, 0.5) is 0 Å². The van der Waals surface area contributed by atoms with Crippen molar-refractivity contribution in [2.75, 3.05) is 39.6 Å². The minimum absolute atomic E-state index is 1.05. The number of rotatable bonds is 28. The Morgan fingerprint density at radius 2 is 0.835 bits per heavy atom. The van der Waals surface area contributed by atoms with Gasteiger partial charge >= 0.3 is 39.5 Å². The molecule has 0 spiro atoms. The quantitative estimate of drug-likeness (QED) is 0.0324. The number of carboxylic acids is 4. The molecule has 0 aliphatic carbocycles. The Balaban J connectivity index is 1.39. The van der Waals surface area contributed by atoms with Crippen LogP contribution in [0.5, 0.6) is 0 Å². The zero-order valence-electron chi connectivity index (χ0n) is 46.6. The smallest absolute Gasteiger partial charge is 0.471 e. The van der Waals surface area contributed by atoms with Crippen molar-refractivity contribution in [2.24, 2.45) is 11.5 Å². The molecule has 6 aliphatic rings. The number of aliphatic carboxylic acids is 4. The highest BCUT2D eigenvalue weighted by Gasteiger charge is 2.65. The summed E-state index contributed by atoms with van der Waals surface area (Å²) in [5.41, 5.74) is 11.7. The molecule has 45 nitrogen and oxygen atoms in total. The van der Waals surface area contributed by atoms with Crippen LogP contribution in [-0.2, 0) is 89.5 Å². The summed E-state index contributed by atoms with van der Waals surface area (Å²) in [4.78, 5) is 91.7. The molecule has 6 aliphatic heterocycles. The number of nitrogens with two attached hydrogens (primary N) is 2. The third-order valence-electron chi connectivity index (χ3n) is 15.5. The van der Waals surface area contributed by atoms with Crippen molar-refractivity contribution in [1.29, 1.82) is 0 Å². The Labute approximate surface area is 508 Å². The molecule has 0 bridgehead atoms. The highest BCUT2D eigenvalue weighted by molar-refractivity contribution is 7.46. The van der Waals surface area contributed by atoms with Crippen LogP contribution in [0.2, 0.25) is 0 Å². The average Bonchev–Trinajstić information content (AvgIpc) is 0.753. The Morgan fingerprint density at radius 1 is 0.462 bits per heavy atom. The van der Waals surface area contributed by atoms with Gasteiger partial charge in [0.25, 0.3) is 23.1 Å². The third-order valence-corrected chi connectivity index (χ3v) is 16.5. The molecule has 0 radical (unpaired) electrons. The van der Waals surface area contributed by atoms with E-state index < -0.39 is 287 Å². The molecule has 91 heavy (non-hydrogen) atoms. The van der Waals surface area contributed by atoms with E-state index in [1.54, 1.807) is 0 Å². The normalized spacial score (nSPS) is 44.1. The molecule has 6 heterocycles. The second kappa shape index (κ2) is 30.1. The molecule has 528 valence electrons. The molecule has 6 rings (SSSR count). The summed E-state index contributed by atoms with van der Waals surface area (Å²) in [7, 11) is -11.2. The van der Waals surface area contributed by atoms with Gasteiger partial charge in [-0.25, -0.2) is 28.3 Å². The van der Waals surface area contributed by atoms with Crippen molar-refractivity contribution in [3.8, 4) is 0 Å². The average molecular weight is 1380 g/mol. The van der Waals surface area contributed by atoms with Crippen molar-refractivity contribution in [3.63, 3.8) is 0 Å². The van der Waals surface area contributed by atoms with Gasteiger partial charge in [-0.2, -0.15) is 0 Å². The fourth-order valence-corrected chi connectivity index (χ4v) is 11.7. The molecule has 0 saturated carbocycles. The SMILES string of the molecule is N[C@H]1[C@@H](OP(=O)(O)O)O[C@H](CO[C@@H]2O[C@H](CO[C@]3(C(=O)O)C[C@@H](O[C@]4(C(=O)O)C[C@@H](O[C@]5(C(=O)O)C[C@@H](O)[C@@H](O)[C@@H]([C@H](O)CO)O5)[C@@H](O)[C@@H]([C@H](O)CO[C@]5(C(=O)O)C[C@@H](O)[C@@H](O)[C@@H](C(O)CO)O5)O4)[C@@H](O)[C@@H]([C@H](O)CO)O3)[C@@H](OP(=O)(O)O)[C@H](O)[C@H]2N)[C@@H](O)[C@@H]1O. The van der Waals surface area contributed by atoms with Gasteiger partial charge in [0.05, 0.1) is 76.1 Å². The van der Waals surface area contributed by atoms with Crippen LogP contribution in [0.15, 0.2) is 0 Å². The van der Waals surface area contributed by atoms with E-state index in [2.05, 4.69) is 4.52 Å². The number of hydrogen-bond donors (Lipinski definition) is 26. The van der Waals surface area contributed by atoms with Gasteiger partial charge in [0.1, 0.15) is 110 Å². The number of aliphatic hydroxyl groups excluding tert-OH is 16. The van der Waals surface area contributed by atoms with Crippen LogP contribution in [0.3, 0.4) is 0 Å². The first kappa shape index (κ1) is 77.0. The van der Waals surface area contributed by atoms with Gasteiger partial charge in [-0.05, 0) is 0 Å². The monoisotopic (exact) mass is 1380 g/mol. The number of hydrogen-bond acceptors (Lipinski definition) is 37. The van der Waals surface area contributed by atoms with E-state index in [0.29, 0.717) is 0 Å². The standard InChI is InChI=1S/C44H74N2O43P2/c45-21-28(61)25(58)19(80-36(21)89-91(74,75)76)9-77-35-22(46)29(62)34(88-90(71,72)73)20(81-35)10-79-42(38(65)66)3-17(26(59)32(85-42)15(54)7-49)83-44(40(69)70)4-18(82-43(39(67)68)2-12(51)24(57)31(86-43)14(53)6-48)27(60)33(87-44)16(55)8-78-41(37(63)64)1-11(50)23(56)30(84-41)13(52)5-47/h11-36,47-62H,1-10,45-46H2,(H,63,64)(H,65,66)(H,67,68)(H,69,70)(H2,71,72,73)(H2,74,75,76)/t11-,12-,13?,14-,15-,16-,17-,18-,19-,20-,21-,22-,23-,24-,25-,26-,27-,28-,29-,30-,31-,32-,33-,34-,35-,36-,41-,42-,43-,44-/m1/s1. The van der Waals surface area contributed by atoms with Gasteiger partial charge < -0.3 is 185 Å². The van der Waals surface area contributed by atoms with E-state index in [-0.39, 0.29) is 0 Å². The van der Waals surface area contributed by atoms with Gasteiger partial charge in [0.15, 0.2) is 12.6 Å². The second-order valence-electron chi connectivity index (χ2n) is 21.9. The molecular weight excluding hydrogens is 1310 g/mol. The Hall–Kier alpha value is -3.06. The lowest BCUT2D eigenvalue weighted by atomic mass is 9.88. The lowest BCUT2D eigenvalue weighted by Crippen LogP contribution is -2.70. The van der Waals surface area contributed by atoms with Crippen LogP contribution in [0, 0.1) is 0 Å². The minimum atomic E-state index is -5.80. The van der Waals surface area contributed by atoms with Crippen molar-refractivity contribution >= 4 is 39.5 Å². The van der Waals surface area contributed by atoms with E-state index >= 15 is 0 Å². The van der Waals surface area contributed by atoms with E-state index in [1.165, 1.54) is 0 Å². The maximum atomic E-state index is 13.9. The maximum absolute atomic E-state index is 13.9. The van der Waals surface area contributed by atoms with Gasteiger partial charge in [0.2, 0.25) is 0 Å². The van der Waals surface area contributed by atoms with Crippen molar-refractivity contribution in [1.82, 2.24) is 0 Å². The summed E-state index contributed by atoms with van der Waals surface area (Å²) in [6.07, 6.45) is -62.5. The van der Waals surface area contributed by atoms with Crippen LogP contribution in [0.1, 0.15) is 25.7 Å². The van der Waals surface area contributed by atoms with Gasteiger partial charge in [-0.15, -0.1) is 0 Å². The number of phosphoric ester groups is 2. The van der Waals surface area contributed by atoms with Crippen molar-refractivity contribution in [2.45, 2.75) is 208 Å². The van der Waals surface area contributed by atoms with Crippen molar-refractivity contribution < 1.29 is 211 Å². The summed E-state index contributed by atoms with van der Waals surface area (Å²) in [5, 5.41) is 215. The molecule has 0 amide bonds. The highest BCUT2D eigenvalue weighted by Crippen LogP contribution is 2.47. The fraction of sp³-hybridized carbons (Fsp3) is 0.909. The molecule has 1 unspecified atom stereocenters. The van der Waals surface area contributed by atoms with Crippen LogP contribution in [0.25, 0.3) is 0 Å². The molecule has 6 fully saturated rings. The molecule has 6 saturated heterocycles. The molecule has 0 aromatic heterocycles. The lowest BCUT2D eigenvalue weighted by molar-refractivity contribution is -0.395. The molecule has 30 atom stereocenters. The molecule has 0 aromatic carbocycles. The van der Waals surface area contributed by atoms with E-state index in [9.17, 15) is 150 Å². The summed E-state index contributed by atoms with van der Waals surface area (Å²) >= 11 is 0. The molecule has 28 N–H and O–H groups in total. The lowest BCUT2D eigenvalue weighted by Gasteiger charge is -2.52. The number of ether oxygens (including phenoxy) is 11. The number of aliphatic hydroxyl groups is 16. The zero-order valence-corrected chi connectivity index (χ0v) is 48.4. The molecular formula is C44H74N2O43P2. The highest BCUT2D eigenvalue weighted by atomic mass is 31.2. The summed E-state index contributed by atoms with van der Waals surface area (Å²) < 4.78 is 93.7. The van der Waals surface area contributed by atoms with E-state index in [1.807, 2.05) is 0 Å². The largest absolute Gasteiger partial charge is 0.477 e. The maximum Gasteiger partial charge on any atom is 0.471 e. The summed E-state index contributed by atoms with van der Waals surface area (Å²) in [6.45, 7) is -8.21. The second-order valence-corrected chi connectivity index (χ2v) is 24.3. The first-order chi connectivity index (χ1) is 42.1. The topological polar surface area (TPSA) is 760 Å². The van der Waals surface area contributed by atoms with Crippen LogP contribution < -0.4 is 11.5 Å².